The van der Waals surface area contributed by atoms with Crippen LogP contribution in [0.25, 0.3) is 0 Å². The predicted octanol–water partition coefficient (Wildman–Crippen LogP) is 4.61. The maximum Gasteiger partial charge on any atom is 0.263 e. The second kappa shape index (κ2) is 6.51. The van der Waals surface area contributed by atoms with Crippen LogP contribution in [0.5, 0.6) is 0 Å². The fraction of sp³-hybridized carbons (Fsp3) is 0.188. The molecule has 4 nitrogen and oxygen atoms in total. The van der Waals surface area contributed by atoms with Crippen LogP contribution in [0, 0.1) is 13.8 Å². The second-order valence-electron chi connectivity index (χ2n) is 5.19. The first-order chi connectivity index (χ1) is 10.6. The van der Waals surface area contributed by atoms with Gasteiger partial charge in [-0.1, -0.05) is 35.3 Å². The monoisotopic (exact) mass is 371 g/mol. The van der Waals surface area contributed by atoms with Gasteiger partial charge in [0.15, 0.2) is 5.78 Å². The molecule has 7 heteroatoms. The number of carbonyl (C=O) groups is 1. The van der Waals surface area contributed by atoms with Crippen molar-refractivity contribution in [3.63, 3.8) is 0 Å². The van der Waals surface area contributed by atoms with Gasteiger partial charge >= 0.3 is 0 Å². The molecule has 0 fully saturated rings. The highest BCUT2D eigenvalue weighted by Crippen LogP contribution is 2.34. The summed E-state index contributed by atoms with van der Waals surface area (Å²) in [7, 11) is -3.94. The Hall–Kier alpha value is -1.56. The van der Waals surface area contributed by atoms with Gasteiger partial charge in [-0.25, -0.2) is 8.42 Å². The molecule has 0 aromatic heterocycles. The molecule has 1 N–H and O–H groups in total. The number of benzene rings is 2. The maximum atomic E-state index is 12.7. The molecule has 122 valence electrons. The summed E-state index contributed by atoms with van der Waals surface area (Å²) >= 11 is 12.2. The molecule has 0 amide bonds. The third-order valence-corrected chi connectivity index (χ3v) is 5.92. The van der Waals surface area contributed by atoms with Crippen molar-refractivity contribution in [2.24, 2.45) is 0 Å². The Labute approximate surface area is 145 Å². The molecule has 23 heavy (non-hydrogen) atoms. The van der Waals surface area contributed by atoms with Crippen LogP contribution < -0.4 is 4.72 Å². The maximum absolute atomic E-state index is 12.7. The van der Waals surface area contributed by atoms with Crippen molar-refractivity contribution in [3.8, 4) is 0 Å². The first-order valence-corrected chi connectivity index (χ1v) is 8.96. The smallest absolute Gasteiger partial charge is 0.263 e. The van der Waals surface area contributed by atoms with Crippen molar-refractivity contribution in [2.75, 3.05) is 4.72 Å². The molecule has 0 saturated carbocycles. The molecule has 0 aliphatic heterocycles. The summed E-state index contributed by atoms with van der Waals surface area (Å²) < 4.78 is 27.8. The Bertz CT molecular complexity index is 866. The number of hydrogen-bond acceptors (Lipinski definition) is 3. The molecule has 2 rings (SSSR count). The molecule has 0 unspecified atom stereocenters. The second-order valence-corrected chi connectivity index (χ2v) is 7.59. The number of nitrogens with one attached hydrogen (secondary N) is 1. The molecule has 2 aromatic rings. The van der Waals surface area contributed by atoms with E-state index >= 15 is 0 Å². The minimum absolute atomic E-state index is 0.0580. The molecular weight excluding hydrogens is 357 g/mol. The van der Waals surface area contributed by atoms with Gasteiger partial charge < -0.3 is 0 Å². The van der Waals surface area contributed by atoms with Gasteiger partial charge in [0.2, 0.25) is 0 Å². The molecule has 0 heterocycles. The number of anilines is 1. The van der Waals surface area contributed by atoms with E-state index in [1.54, 1.807) is 38.1 Å². The van der Waals surface area contributed by atoms with E-state index in [0.717, 1.165) is 0 Å². The number of Topliss-reactive ketones (excluding diaryl/α,β-unsaturated/α-hetero) is 1. The Kier molecular flexibility index (Phi) is 5.04. The van der Waals surface area contributed by atoms with E-state index in [4.69, 9.17) is 23.2 Å². The number of sulfonamides is 1. The van der Waals surface area contributed by atoms with Gasteiger partial charge in [-0.3, -0.25) is 9.52 Å². The van der Waals surface area contributed by atoms with E-state index in [9.17, 15) is 13.2 Å². The number of aryl methyl sites for hydroxylation is 1. The molecule has 0 radical (unpaired) electrons. The molecule has 0 bridgehead atoms. The summed E-state index contributed by atoms with van der Waals surface area (Å²) in [5.74, 6) is -0.154. The Morgan fingerprint density at radius 3 is 2.39 bits per heavy atom. The van der Waals surface area contributed by atoms with Gasteiger partial charge in [-0.2, -0.15) is 0 Å². The lowest BCUT2D eigenvalue weighted by molar-refractivity contribution is 0.101. The third kappa shape index (κ3) is 3.68. The largest absolute Gasteiger partial charge is 0.295 e. The lowest BCUT2D eigenvalue weighted by Gasteiger charge is -2.15. The highest BCUT2D eigenvalue weighted by molar-refractivity contribution is 7.93. The van der Waals surface area contributed by atoms with Gasteiger partial charge in [0.05, 0.1) is 5.02 Å². The van der Waals surface area contributed by atoms with Crippen molar-refractivity contribution in [1.82, 2.24) is 0 Å². The zero-order valence-corrected chi connectivity index (χ0v) is 15.1. The van der Waals surface area contributed by atoms with Crippen molar-refractivity contribution in [2.45, 2.75) is 25.7 Å². The molecule has 0 atom stereocenters. The quantitative estimate of drug-likeness (QED) is 0.797. The first kappa shape index (κ1) is 17.8. The lowest BCUT2D eigenvalue weighted by Crippen LogP contribution is -2.16. The zero-order chi connectivity index (χ0) is 17.4. The van der Waals surface area contributed by atoms with E-state index < -0.39 is 10.0 Å². The molecule has 0 spiro atoms. The van der Waals surface area contributed by atoms with E-state index in [1.807, 2.05) is 0 Å². The first-order valence-electron chi connectivity index (χ1n) is 6.72. The summed E-state index contributed by atoms with van der Waals surface area (Å²) in [4.78, 5) is 11.4. The number of rotatable bonds is 4. The Balaban J connectivity index is 2.53. The van der Waals surface area contributed by atoms with Gasteiger partial charge in [-0.15, -0.1) is 0 Å². The van der Waals surface area contributed by atoms with Crippen molar-refractivity contribution < 1.29 is 13.2 Å². The fourth-order valence-corrected chi connectivity index (χ4v) is 4.41. The van der Waals surface area contributed by atoms with Crippen LogP contribution >= 0.6 is 23.2 Å². The van der Waals surface area contributed by atoms with Crippen LogP contribution in [0.2, 0.25) is 10.0 Å². The molecule has 0 aliphatic rings. The number of hydrogen-bond donors (Lipinski definition) is 1. The van der Waals surface area contributed by atoms with Crippen LogP contribution in [-0.2, 0) is 10.0 Å². The molecule has 0 saturated heterocycles. The SMILES string of the molecule is CC(=O)c1cccc(NS(=O)(=O)c2c(C)c(Cl)cc(C)c2Cl)c1. The molecule has 2 aromatic carbocycles. The van der Waals surface area contributed by atoms with Crippen molar-refractivity contribution in [3.05, 3.63) is 57.1 Å². The van der Waals surface area contributed by atoms with Gasteiger partial charge in [-0.05, 0) is 50.1 Å². The standard InChI is InChI=1S/C16H15Cl2NO3S/c1-9-7-14(17)10(2)16(15(9)18)23(21,22)19-13-6-4-5-12(8-13)11(3)20/h4-8,19H,1-3H3. The van der Waals surface area contributed by atoms with E-state index in [0.29, 0.717) is 21.7 Å². The van der Waals surface area contributed by atoms with Gasteiger partial charge in [0.25, 0.3) is 10.0 Å². The summed E-state index contributed by atoms with van der Waals surface area (Å²) in [6.45, 7) is 4.69. The van der Waals surface area contributed by atoms with Crippen molar-refractivity contribution >= 4 is 44.7 Å². The number of ketones is 1. The Morgan fingerprint density at radius 1 is 1.13 bits per heavy atom. The summed E-state index contributed by atoms with van der Waals surface area (Å²) in [6.07, 6.45) is 0. The van der Waals surface area contributed by atoms with Crippen molar-refractivity contribution in [1.29, 1.82) is 0 Å². The minimum atomic E-state index is -3.94. The van der Waals surface area contributed by atoms with E-state index in [2.05, 4.69) is 4.72 Å². The highest BCUT2D eigenvalue weighted by atomic mass is 35.5. The van der Waals surface area contributed by atoms with Gasteiger partial charge in [0, 0.05) is 16.3 Å². The third-order valence-electron chi connectivity index (χ3n) is 3.38. The average molecular weight is 372 g/mol. The molecule has 0 aliphatic carbocycles. The van der Waals surface area contributed by atoms with Gasteiger partial charge in [0.1, 0.15) is 4.90 Å². The lowest BCUT2D eigenvalue weighted by atomic mass is 10.1. The minimum Gasteiger partial charge on any atom is -0.295 e. The van der Waals surface area contributed by atoms with Crippen LogP contribution in [0.4, 0.5) is 5.69 Å². The fourth-order valence-electron chi connectivity index (χ4n) is 2.14. The summed E-state index contributed by atoms with van der Waals surface area (Å²) in [5.41, 5.74) is 1.64. The molecular formula is C16H15Cl2NO3S. The highest BCUT2D eigenvalue weighted by Gasteiger charge is 2.24. The van der Waals surface area contributed by atoms with Crippen LogP contribution in [0.3, 0.4) is 0 Å². The van der Waals surface area contributed by atoms with E-state index in [-0.39, 0.29) is 21.4 Å². The average Bonchev–Trinajstić information content (AvgIpc) is 2.45. The van der Waals surface area contributed by atoms with Crippen LogP contribution in [-0.4, -0.2) is 14.2 Å². The van der Waals surface area contributed by atoms with E-state index in [1.165, 1.54) is 13.0 Å². The normalized spacial score (nSPS) is 11.3. The van der Waals surface area contributed by atoms with Crippen LogP contribution in [0.15, 0.2) is 35.2 Å². The number of halogens is 2. The zero-order valence-electron chi connectivity index (χ0n) is 12.8. The predicted molar refractivity (Wildman–Crippen MR) is 93.2 cm³/mol. The summed E-state index contributed by atoms with van der Waals surface area (Å²) in [5, 5.41) is 0.451. The topological polar surface area (TPSA) is 63.2 Å². The number of carbonyl (C=O) groups excluding carboxylic acids is 1. The van der Waals surface area contributed by atoms with Crippen LogP contribution in [0.1, 0.15) is 28.4 Å². The summed E-state index contributed by atoms with van der Waals surface area (Å²) in [6, 6.07) is 7.87. The Morgan fingerprint density at radius 2 is 1.78 bits per heavy atom.